The highest BCUT2D eigenvalue weighted by Gasteiger charge is 2.34. The first-order chi connectivity index (χ1) is 20.3. The predicted octanol–water partition coefficient (Wildman–Crippen LogP) is 5.05. The molecule has 0 saturated carbocycles. The highest BCUT2D eigenvalue weighted by Crippen LogP contribution is 2.36. The molecule has 3 aromatic carbocycles. The number of fused-ring (bicyclic) bond motifs is 1. The van der Waals surface area contributed by atoms with Crippen molar-refractivity contribution in [2.45, 2.75) is 26.5 Å². The van der Waals surface area contributed by atoms with Crippen molar-refractivity contribution in [3.8, 4) is 17.2 Å². The number of esters is 1. The molecule has 0 amide bonds. The fourth-order valence-corrected chi connectivity index (χ4v) is 5.91. The van der Waals surface area contributed by atoms with E-state index in [0.29, 0.717) is 49.5 Å². The number of allylic oxidation sites excluding steroid dienone is 1. The normalized spacial score (nSPS) is 14.7. The third kappa shape index (κ3) is 5.84. The number of benzene rings is 3. The van der Waals surface area contributed by atoms with E-state index in [9.17, 15) is 9.59 Å². The zero-order valence-electron chi connectivity index (χ0n) is 23.5. The highest BCUT2D eigenvalue weighted by atomic mass is 35.5. The molecule has 42 heavy (non-hydrogen) atoms. The van der Waals surface area contributed by atoms with Gasteiger partial charge in [-0.05, 0) is 61.4 Å². The Bertz CT molecular complexity index is 1840. The minimum Gasteiger partial charge on any atom is -0.493 e. The van der Waals surface area contributed by atoms with Crippen LogP contribution in [0.15, 0.2) is 87.8 Å². The summed E-state index contributed by atoms with van der Waals surface area (Å²) in [7, 11) is 3.08. The van der Waals surface area contributed by atoms with Crippen LogP contribution < -0.4 is 29.1 Å². The molecule has 4 aromatic rings. The molecule has 0 radical (unpaired) electrons. The Hall–Kier alpha value is -4.34. The Balaban J connectivity index is 1.61. The Labute approximate surface area is 251 Å². The molecule has 1 unspecified atom stereocenters. The van der Waals surface area contributed by atoms with E-state index in [1.165, 1.54) is 23.0 Å². The Morgan fingerprint density at radius 1 is 1.02 bits per heavy atom. The van der Waals surface area contributed by atoms with Crippen molar-refractivity contribution < 1.29 is 23.7 Å². The molecular formula is C32H29ClN2O6S. The van der Waals surface area contributed by atoms with Crippen LogP contribution in [0.25, 0.3) is 6.08 Å². The predicted molar refractivity (Wildman–Crippen MR) is 162 cm³/mol. The summed E-state index contributed by atoms with van der Waals surface area (Å²) in [4.78, 5) is 32.4. The third-order valence-electron chi connectivity index (χ3n) is 6.75. The number of aromatic nitrogens is 1. The van der Waals surface area contributed by atoms with Gasteiger partial charge in [0.05, 0.1) is 42.7 Å². The van der Waals surface area contributed by atoms with Gasteiger partial charge >= 0.3 is 5.97 Å². The summed E-state index contributed by atoms with van der Waals surface area (Å²) in [5.74, 6) is 1.09. The molecule has 0 aliphatic carbocycles. The van der Waals surface area contributed by atoms with E-state index < -0.39 is 12.0 Å². The van der Waals surface area contributed by atoms with Crippen molar-refractivity contribution in [3.05, 3.63) is 119 Å². The molecule has 1 atom stereocenters. The molecule has 0 N–H and O–H groups in total. The van der Waals surface area contributed by atoms with Crippen LogP contribution in [0.5, 0.6) is 17.2 Å². The molecule has 2 heterocycles. The van der Waals surface area contributed by atoms with Crippen LogP contribution in [0.1, 0.15) is 36.6 Å². The van der Waals surface area contributed by atoms with Gasteiger partial charge in [0.15, 0.2) is 16.3 Å². The number of rotatable bonds is 9. The minimum absolute atomic E-state index is 0.186. The van der Waals surface area contributed by atoms with Crippen molar-refractivity contribution in [2.24, 2.45) is 4.99 Å². The SMILES string of the molecule is CCOC(=O)C1=C(C)N=c2sc(=Cc3ccccc3OCc3ccc(Cl)cc3)c(=O)n2C1c1ccc(OC)c(OC)c1. The quantitative estimate of drug-likeness (QED) is 0.249. The van der Waals surface area contributed by atoms with E-state index in [-0.39, 0.29) is 17.7 Å². The summed E-state index contributed by atoms with van der Waals surface area (Å²) in [5.41, 5.74) is 2.83. The molecule has 1 aromatic heterocycles. The van der Waals surface area contributed by atoms with Gasteiger partial charge in [0.1, 0.15) is 12.4 Å². The number of carbonyl (C=O) groups excluding carboxylic acids is 1. The summed E-state index contributed by atoms with van der Waals surface area (Å²) in [6, 6.07) is 19.5. The van der Waals surface area contributed by atoms with Gasteiger partial charge in [-0.25, -0.2) is 9.79 Å². The maximum atomic E-state index is 14.0. The second kappa shape index (κ2) is 12.7. The average Bonchev–Trinajstić information content (AvgIpc) is 3.30. The van der Waals surface area contributed by atoms with Gasteiger partial charge in [0, 0.05) is 10.6 Å². The largest absolute Gasteiger partial charge is 0.493 e. The van der Waals surface area contributed by atoms with Crippen molar-refractivity contribution in [1.82, 2.24) is 4.57 Å². The van der Waals surface area contributed by atoms with E-state index in [1.54, 1.807) is 45.2 Å². The van der Waals surface area contributed by atoms with E-state index in [4.69, 9.17) is 30.5 Å². The summed E-state index contributed by atoms with van der Waals surface area (Å²) in [5, 5.41) is 0.655. The highest BCUT2D eigenvalue weighted by molar-refractivity contribution is 7.07. The van der Waals surface area contributed by atoms with E-state index in [2.05, 4.69) is 4.99 Å². The Kier molecular flexibility index (Phi) is 8.80. The molecule has 0 saturated heterocycles. The lowest BCUT2D eigenvalue weighted by molar-refractivity contribution is -0.139. The molecule has 10 heteroatoms. The molecule has 8 nitrogen and oxygen atoms in total. The summed E-state index contributed by atoms with van der Waals surface area (Å²) < 4.78 is 24.4. The molecule has 0 spiro atoms. The molecule has 0 bridgehead atoms. The first kappa shape index (κ1) is 29.2. The summed E-state index contributed by atoms with van der Waals surface area (Å²) in [6.07, 6.45) is 1.79. The van der Waals surface area contributed by atoms with Gasteiger partial charge in [-0.2, -0.15) is 0 Å². The fraction of sp³-hybridized carbons (Fsp3) is 0.219. The van der Waals surface area contributed by atoms with Crippen LogP contribution in [-0.4, -0.2) is 31.4 Å². The number of hydrogen-bond donors (Lipinski definition) is 0. The van der Waals surface area contributed by atoms with Gasteiger partial charge in [0.2, 0.25) is 0 Å². The molecule has 1 aliphatic heterocycles. The van der Waals surface area contributed by atoms with Crippen LogP contribution in [0.4, 0.5) is 0 Å². The first-order valence-corrected chi connectivity index (χ1v) is 14.4. The second-order valence-corrected chi connectivity index (χ2v) is 10.8. The topological polar surface area (TPSA) is 88.4 Å². The standard InChI is InChI=1S/C32H29ClN2O6S/c1-5-40-31(37)28-19(2)34-32-35(29(28)22-12-15-25(38-3)26(16-22)39-4)30(36)27(42-32)17-21-8-6-7-9-24(21)41-18-20-10-13-23(33)14-11-20/h6-17,29H,5,18H2,1-4H3. The maximum Gasteiger partial charge on any atom is 0.338 e. The molecule has 0 fully saturated rings. The summed E-state index contributed by atoms with van der Waals surface area (Å²) in [6.45, 7) is 4.01. The molecular weight excluding hydrogens is 576 g/mol. The van der Waals surface area contributed by atoms with Crippen molar-refractivity contribution in [1.29, 1.82) is 0 Å². The number of hydrogen-bond acceptors (Lipinski definition) is 8. The van der Waals surface area contributed by atoms with Gasteiger partial charge in [-0.15, -0.1) is 0 Å². The average molecular weight is 605 g/mol. The smallest absolute Gasteiger partial charge is 0.338 e. The molecule has 5 rings (SSSR count). The van der Waals surface area contributed by atoms with Crippen LogP contribution in [-0.2, 0) is 16.1 Å². The van der Waals surface area contributed by atoms with Crippen molar-refractivity contribution in [3.63, 3.8) is 0 Å². The third-order valence-corrected chi connectivity index (χ3v) is 7.99. The van der Waals surface area contributed by atoms with Crippen molar-refractivity contribution in [2.75, 3.05) is 20.8 Å². The lowest BCUT2D eigenvalue weighted by atomic mass is 9.95. The molecule has 1 aliphatic rings. The van der Waals surface area contributed by atoms with Gasteiger partial charge in [-0.3, -0.25) is 9.36 Å². The zero-order chi connectivity index (χ0) is 29.8. The minimum atomic E-state index is -0.779. The van der Waals surface area contributed by atoms with E-state index in [1.807, 2.05) is 48.5 Å². The molecule has 216 valence electrons. The van der Waals surface area contributed by atoms with Crippen LogP contribution in [0.3, 0.4) is 0 Å². The number of ether oxygens (including phenoxy) is 4. The number of carbonyl (C=O) groups is 1. The monoisotopic (exact) mass is 604 g/mol. The zero-order valence-corrected chi connectivity index (χ0v) is 25.1. The number of methoxy groups -OCH3 is 2. The Morgan fingerprint density at radius 2 is 1.76 bits per heavy atom. The number of halogens is 1. The number of nitrogens with zero attached hydrogens (tertiary/aromatic N) is 2. The lowest BCUT2D eigenvalue weighted by Gasteiger charge is -2.25. The number of thiazole rings is 1. The summed E-state index contributed by atoms with van der Waals surface area (Å²) >= 11 is 7.25. The lowest BCUT2D eigenvalue weighted by Crippen LogP contribution is -2.40. The first-order valence-electron chi connectivity index (χ1n) is 13.2. The maximum absolute atomic E-state index is 14.0. The van der Waals surface area contributed by atoms with Crippen molar-refractivity contribution >= 4 is 35.0 Å². The number of para-hydroxylation sites is 1. The second-order valence-electron chi connectivity index (χ2n) is 9.37. The van der Waals surface area contributed by atoms with Gasteiger partial charge in [-0.1, -0.05) is 59.3 Å². The van der Waals surface area contributed by atoms with Crippen LogP contribution in [0, 0.1) is 0 Å². The van der Waals surface area contributed by atoms with E-state index in [0.717, 1.165) is 11.1 Å². The van der Waals surface area contributed by atoms with Gasteiger partial charge in [0.25, 0.3) is 5.56 Å². The van der Waals surface area contributed by atoms with Crippen LogP contribution >= 0.6 is 22.9 Å². The van der Waals surface area contributed by atoms with Crippen LogP contribution in [0.2, 0.25) is 5.02 Å². The fourth-order valence-electron chi connectivity index (χ4n) is 4.74. The Morgan fingerprint density at radius 3 is 2.48 bits per heavy atom. The van der Waals surface area contributed by atoms with Gasteiger partial charge < -0.3 is 18.9 Å². The van der Waals surface area contributed by atoms with E-state index >= 15 is 0 Å².